The first-order chi connectivity index (χ1) is 19.8. The van der Waals surface area contributed by atoms with Crippen molar-refractivity contribution in [3.63, 3.8) is 0 Å². The maximum absolute atomic E-state index is 12.4. The topological polar surface area (TPSA) is 149 Å². The molecule has 0 spiro atoms. The van der Waals surface area contributed by atoms with Crippen molar-refractivity contribution < 1.29 is 42.9 Å². The Labute approximate surface area is 249 Å². The van der Waals surface area contributed by atoms with Crippen LogP contribution >= 0.6 is 12.2 Å². The fraction of sp³-hybridized carbons (Fsp3) is 0.571. The van der Waals surface area contributed by atoms with Crippen LogP contribution in [0.15, 0.2) is 24.3 Å². The number of nitrogens with one attached hydrogen (secondary N) is 1. The van der Waals surface area contributed by atoms with Crippen LogP contribution in [0.1, 0.15) is 71.6 Å². The molecule has 3 rings (SSSR count). The molecule has 6 atom stereocenters. The normalized spacial score (nSPS) is 22.5. The summed E-state index contributed by atoms with van der Waals surface area (Å²) in [5.74, 6) is -1.29. The van der Waals surface area contributed by atoms with E-state index >= 15 is 0 Å². The second-order valence-electron chi connectivity index (χ2n) is 10.1. The van der Waals surface area contributed by atoms with Crippen molar-refractivity contribution in [3.05, 3.63) is 40.4 Å². The number of benzene rings is 1. The van der Waals surface area contributed by atoms with E-state index in [2.05, 4.69) is 5.32 Å². The standard InChI is InChI=1S/C28H38N4O9S/c1-8-16(3)31-23(14-38-21-12-10-9-11-15(21)2)30-32(28(31)42)27-24(29-17(4)33)26(40-20(7)36)25(39-19(6)35)22(41-27)13-37-18(5)34/h9-12,16,22,24-27H,8,13-14H2,1-7H3,(H,29,33)/t16?,22-,24-,25-,26-,27-/m1/s1. The number of hydrogen-bond donors (Lipinski definition) is 1. The minimum atomic E-state index is -1.24. The van der Waals surface area contributed by atoms with E-state index < -0.39 is 54.4 Å². The fourth-order valence-electron chi connectivity index (χ4n) is 4.70. The van der Waals surface area contributed by atoms with Crippen molar-refractivity contribution >= 4 is 36.0 Å². The van der Waals surface area contributed by atoms with Gasteiger partial charge in [0.05, 0.1) is 0 Å². The summed E-state index contributed by atoms with van der Waals surface area (Å²) in [6, 6.07) is 6.38. The number of ether oxygens (including phenoxy) is 5. The molecule has 2 heterocycles. The minimum absolute atomic E-state index is 0.0731. The van der Waals surface area contributed by atoms with Crippen LogP contribution in [0.3, 0.4) is 0 Å². The smallest absolute Gasteiger partial charge is 0.303 e. The van der Waals surface area contributed by atoms with E-state index in [1.54, 1.807) is 0 Å². The van der Waals surface area contributed by atoms with Crippen molar-refractivity contribution in [1.29, 1.82) is 0 Å². The number of aryl methyl sites for hydroxylation is 1. The predicted molar refractivity (Wildman–Crippen MR) is 151 cm³/mol. The molecule has 2 aromatic rings. The number of para-hydroxylation sites is 1. The molecular formula is C28H38N4O9S. The number of carbonyl (C=O) groups excluding carboxylic acids is 4. The first-order valence-electron chi connectivity index (χ1n) is 13.6. The minimum Gasteiger partial charge on any atom is -0.485 e. The highest BCUT2D eigenvalue weighted by Crippen LogP contribution is 2.34. The molecule has 13 nitrogen and oxygen atoms in total. The van der Waals surface area contributed by atoms with E-state index in [1.807, 2.05) is 49.6 Å². The van der Waals surface area contributed by atoms with Gasteiger partial charge in [-0.1, -0.05) is 25.1 Å². The fourth-order valence-corrected chi connectivity index (χ4v) is 5.13. The van der Waals surface area contributed by atoms with Gasteiger partial charge in [-0.2, -0.15) is 5.10 Å². The summed E-state index contributed by atoms with van der Waals surface area (Å²) in [7, 11) is 0. The van der Waals surface area contributed by atoms with Gasteiger partial charge in [0.15, 0.2) is 24.3 Å². The van der Waals surface area contributed by atoms with E-state index in [0.29, 0.717) is 11.6 Å². The third kappa shape index (κ3) is 7.94. The van der Waals surface area contributed by atoms with Crippen LogP contribution in [0.5, 0.6) is 5.75 Å². The predicted octanol–water partition coefficient (Wildman–Crippen LogP) is 3.10. The molecule has 1 fully saturated rings. The van der Waals surface area contributed by atoms with Gasteiger partial charge in [-0.05, 0) is 44.1 Å². The highest BCUT2D eigenvalue weighted by molar-refractivity contribution is 7.71. The molecule has 1 aromatic heterocycles. The number of carbonyl (C=O) groups is 4. The Morgan fingerprint density at radius 1 is 1.05 bits per heavy atom. The molecule has 14 heteroatoms. The van der Waals surface area contributed by atoms with Gasteiger partial charge < -0.3 is 29.0 Å². The third-order valence-electron chi connectivity index (χ3n) is 6.72. The molecule has 0 saturated carbocycles. The second-order valence-corrected chi connectivity index (χ2v) is 10.4. The van der Waals surface area contributed by atoms with Crippen LogP contribution in [0.2, 0.25) is 0 Å². The number of rotatable bonds is 11. The molecule has 0 aliphatic carbocycles. The average molecular weight is 607 g/mol. The van der Waals surface area contributed by atoms with E-state index in [4.69, 9.17) is 41.0 Å². The average Bonchev–Trinajstić information content (AvgIpc) is 3.23. The summed E-state index contributed by atoms with van der Waals surface area (Å²) in [5, 5.41) is 7.50. The second kappa shape index (κ2) is 14.4. The molecule has 1 aromatic carbocycles. The van der Waals surface area contributed by atoms with Crippen LogP contribution in [-0.4, -0.2) is 69.1 Å². The Morgan fingerprint density at radius 2 is 1.69 bits per heavy atom. The third-order valence-corrected chi connectivity index (χ3v) is 7.10. The van der Waals surface area contributed by atoms with Gasteiger partial charge in [0, 0.05) is 33.7 Å². The van der Waals surface area contributed by atoms with E-state index in [0.717, 1.165) is 12.0 Å². The monoisotopic (exact) mass is 606 g/mol. The number of esters is 3. The van der Waals surface area contributed by atoms with Gasteiger partial charge in [-0.15, -0.1) is 0 Å². The van der Waals surface area contributed by atoms with Crippen molar-refractivity contribution in [3.8, 4) is 5.75 Å². The molecule has 1 unspecified atom stereocenters. The number of aromatic nitrogens is 3. The Balaban J connectivity index is 2.14. The molecule has 1 saturated heterocycles. The molecule has 1 aliphatic heterocycles. The molecule has 0 bridgehead atoms. The first kappa shape index (κ1) is 32.7. The van der Waals surface area contributed by atoms with Gasteiger partial charge in [-0.3, -0.25) is 23.7 Å². The molecule has 230 valence electrons. The lowest BCUT2D eigenvalue weighted by Gasteiger charge is -2.45. The first-order valence-corrected chi connectivity index (χ1v) is 14.0. The Morgan fingerprint density at radius 3 is 2.26 bits per heavy atom. The van der Waals surface area contributed by atoms with Crippen LogP contribution in [0, 0.1) is 11.7 Å². The van der Waals surface area contributed by atoms with Gasteiger partial charge in [0.2, 0.25) is 10.7 Å². The van der Waals surface area contributed by atoms with Gasteiger partial charge in [0.1, 0.15) is 31.1 Å². The zero-order chi connectivity index (χ0) is 31.1. The highest BCUT2D eigenvalue weighted by atomic mass is 32.1. The van der Waals surface area contributed by atoms with Gasteiger partial charge in [-0.25, -0.2) is 4.68 Å². The van der Waals surface area contributed by atoms with Gasteiger partial charge >= 0.3 is 17.9 Å². The Kier molecular flexibility index (Phi) is 11.2. The van der Waals surface area contributed by atoms with Crippen LogP contribution in [0.25, 0.3) is 0 Å². The lowest BCUT2D eigenvalue weighted by molar-refractivity contribution is -0.239. The van der Waals surface area contributed by atoms with Crippen LogP contribution < -0.4 is 10.1 Å². The van der Waals surface area contributed by atoms with Gasteiger partial charge in [0.25, 0.3) is 0 Å². The lowest BCUT2D eigenvalue weighted by atomic mass is 9.95. The highest BCUT2D eigenvalue weighted by Gasteiger charge is 2.52. The summed E-state index contributed by atoms with van der Waals surface area (Å²) in [6.07, 6.45) is -4.00. The largest absolute Gasteiger partial charge is 0.485 e. The quantitative estimate of drug-likeness (QED) is 0.228. The maximum Gasteiger partial charge on any atom is 0.303 e. The molecule has 42 heavy (non-hydrogen) atoms. The number of nitrogens with zero attached hydrogens (tertiary/aromatic N) is 3. The van der Waals surface area contributed by atoms with Crippen LogP contribution in [0.4, 0.5) is 0 Å². The molecular weight excluding hydrogens is 568 g/mol. The molecule has 0 radical (unpaired) electrons. The van der Waals surface area contributed by atoms with E-state index in [-0.39, 0.29) is 24.0 Å². The molecule has 1 amide bonds. The van der Waals surface area contributed by atoms with Crippen LogP contribution in [-0.2, 0) is 44.7 Å². The van der Waals surface area contributed by atoms with Crippen molar-refractivity contribution in [1.82, 2.24) is 19.7 Å². The number of amides is 1. The lowest BCUT2D eigenvalue weighted by Crippen LogP contribution is -2.64. The number of hydrogen-bond acceptors (Lipinski definition) is 11. The zero-order valence-corrected chi connectivity index (χ0v) is 25.6. The van der Waals surface area contributed by atoms with Crippen molar-refractivity contribution in [2.24, 2.45) is 0 Å². The van der Waals surface area contributed by atoms with Crippen molar-refractivity contribution in [2.75, 3.05) is 6.61 Å². The SMILES string of the molecule is CCC(C)n1c(COc2ccccc2C)nn([C@@H]2O[C@H](COC(C)=O)[C@@H](OC(C)=O)[C@H](OC(C)=O)[C@H]2NC(C)=O)c1=S. The van der Waals surface area contributed by atoms with E-state index in [9.17, 15) is 19.2 Å². The molecule has 1 aliphatic rings. The summed E-state index contributed by atoms with van der Waals surface area (Å²) < 4.78 is 32.2. The Hall–Kier alpha value is -3.78. The zero-order valence-electron chi connectivity index (χ0n) is 24.8. The summed E-state index contributed by atoms with van der Waals surface area (Å²) in [4.78, 5) is 48.4. The summed E-state index contributed by atoms with van der Waals surface area (Å²) in [5.41, 5.74) is 0.945. The Bertz CT molecular complexity index is 1360. The summed E-state index contributed by atoms with van der Waals surface area (Å²) in [6.45, 7) is 10.5. The maximum atomic E-state index is 12.4. The van der Waals surface area contributed by atoms with Crippen molar-refractivity contribution in [2.45, 2.75) is 98.1 Å². The molecule has 1 N–H and O–H groups in total. The van der Waals surface area contributed by atoms with E-state index in [1.165, 1.54) is 32.4 Å². The summed E-state index contributed by atoms with van der Waals surface area (Å²) >= 11 is 5.87.